The Morgan fingerprint density at radius 2 is 1.65 bits per heavy atom. The van der Waals surface area contributed by atoms with Crippen LogP contribution in [0.2, 0.25) is 0 Å². The van der Waals surface area contributed by atoms with E-state index < -0.39 is 17.5 Å². The van der Waals surface area contributed by atoms with Crippen molar-refractivity contribution < 1.29 is 29.2 Å². The number of hydrogen-bond donors (Lipinski definition) is 1. The average Bonchev–Trinajstić information content (AvgIpc) is 2.43. The summed E-state index contributed by atoms with van der Waals surface area (Å²) in [7, 11) is 0. The number of carbonyl (C=O) groups excluding carboxylic acids is 2. The summed E-state index contributed by atoms with van der Waals surface area (Å²) in [4.78, 5) is 26.6. The van der Waals surface area contributed by atoms with E-state index in [-0.39, 0.29) is 13.2 Å². The molecule has 1 N–H and O–H groups in total. The summed E-state index contributed by atoms with van der Waals surface area (Å²) in [6.45, 7) is 4.71. The first kappa shape index (κ1) is 16.1. The highest BCUT2D eigenvalue weighted by atomic mass is 17.1. The lowest BCUT2D eigenvalue weighted by molar-refractivity contribution is -0.318. The summed E-state index contributed by atoms with van der Waals surface area (Å²) in [5, 5.41) is 8.78. The third kappa shape index (κ3) is 4.64. The van der Waals surface area contributed by atoms with E-state index in [0.29, 0.717) is 5.56 Å². The predicted molar refractivity (Wildman–Crippen MR) is 70.1 cm³/mol. The molecule has 6 heteroatoms. The molecule has 1 aromatic rings. The molecule has 0 bridgehead atoms. The molecule has 0 radical (unpaired) electrons. The Morgan fingerprint density at radius 1 is 1.10 bits per heavy atom. The zero-order chi connectivity index (χ0) is 15.2. The number of rotatable bonds is 6. The number of ether oxygens (including phenoxy) is 2. The summed E-state index contributed by atoms with van der Waals surface area (Å²) in [6, 6.07) is 6.48. The molecule has 0 amide bonds. The van der Waals surface area contributed by atoms with Crippen molar-refractivity contribution in [2.75, 3.05) is 13.2 Å². The molecule has 0 aliphatic carbocycles. The van der Waals surface area contributed by atoms with Crippen LogP contribution >= 0.6 is 0 Å². The molecule has 6 nitrogen and oxygen atoms in total. The van der Waals surface area contributed by atoms with Crippen LogP contribution in [0, 0.1) is 0 Å². The lowest BCUT2D eigenvalue weighted by Gasteiger charge is -2.20. The van der Waals surface area contributed by atoms with Crippen LogP contribution in [0.25, 0.3) is 0 Å². The molecule has 0 heterocycles. The largest absolute Gasteiger partial charge is 0.462 e. The second kappa shape index (κ2) is 7.02. The van der Waals surface area contributed by atoms with E-state index in [2.05, 4.69) is 9.62 Å². The summed E-state index contributed by atoms with van der Waals surface area (Å²) < 4.78 is 9.58. The van der Waals surface area contributed by atoms with Crippen LogP contribution in [0.4, 0.5) is 0 Å². The molecule has 0 aromatic heterocycles. The van der Waals surface area contributed by atoms with Crippen molar-refractivity contribution in [3.05, 3.63) is 35.4 Å². The highest BCUT2D eigenvalue weighted by molar-refractivity contribution is 5.89. The fourth-order valence-corrected chi connectivity index (χ4v) is 1.46. The first-order chi connectivity index (χ1) is 9.36. The SMILES string of the molecule is CC(=O)OCCOC(=O)c1ccc(C(C)(C)OO)cc1. The maximum absolute atomic E-state index is 11.7. The Morgan fingerprint density at radius 3 is 2.15 bits per heavy atom. The van der Waals surface area contributed by atoms with E-state index in [9.17, 15) is 9.59 Å². The summed E-state index contributed by atoms with van der Waals surface area (Å²) in [5.41, 5.74) is 0.236. The quantitative estimate of drug-likeness (QED) is 0.372. The van der Waals surface area contributed by atoms with Crippen molar-refractivity contribution in [3.8, 4) is 0 Å². The lowest BCUT2D eigenvalue weighted by Crippen LogP contribution is -2.20. The van der Waals surface area contributed by atoms with Gasteiger partial charge in [0, 0.05) is 6.92 Å². The highest BCUT2D eigenvalue weighted by Gasteiger charge is 2.21. The molecule has 0 saturated heterocycles. The van der Waals surface area contributed by atoms with Crippen molar-refractivity contribution in [2.24, 2.45) is 0 Å². The molecule has 0 fully saturated rings. The van der Waals surface area contributed by atoms with Gasteiger partial charge >= 0.3 is 11.9 Å². The van der Waals surface area contributed by atoms with E-state index in [0.717, 1.165) is 5.56 Å². The van der Waals surface area contributed by atoms with Crippen LogP contribution < -0.4 is 0 Å². The molecule has 0 aliphatic rings. The summed E-state index contributed by atoms with van der Waals surface area (Å²) in [5.74, 6) is -0.928. The molecule has 110 valence electrons. The zero-order valence-corrected chi connectivity index (χ0v) is 11.7. The van der Waals surface area contributed by atoms with E-state index >= 15 is 0 Å². The molecule has 0 atom stereocenters. The van der Waals surface area contributed by atoms with E-state index in [1.165, 1.54) is 6.92 Å². The normalized spacial score (nSPS) is 11.0. The molecule has 1 aromatic carbocycles. The minimum absolute atomic E-state index is 0.00537. The van der Waals surface area contributed by atoms with Crippen LogP contribution in [0.3, 0.4) is 0 Å². The Labute approximate surface area is 117 Å². The van der Waals surface area contributed by atoms with Gasteiger partial charge in [-0.15, -0.1) is 0 Å². The number of esters is 2. The van der Waals surface area contributed by atoms with Gasteiger partial charge in [-0.05, 0) is 31.5 Å². The van der Waals surface area contributed by atoms with Gasteiger partial charge in [-0.1, -0.05) is 12.1 Å². The smallest absolute Gasteiger partial charge is 0.338 e. The lowest BCUT2D eigenvalue weighted by atomic mass is 9.97. The van der Waals surface area contributed by atoms with Crippen molar-refractivity contribution in [1.82, 2.24) is 0 Å². The predicted octanol–water partition coefficient (Wildman–Crippen LogP) is 2.13. The van der Waals surface area contributed by atoms with Gasteiger partial charge in [0.05, 0.1) is 5.56 Å². The number of hydrogen-bond acceptors (Lipinski definition) is 6. The number of benzene rings is 1. The minimum Gasteiger partial charge on any atom is -0.462 e. The van der Waals surface area contributed by atoms with Crippen molar-refractivity contribution in [1.29, 1.82) is 0 Å². The van der Waals surface area contributed by atoms with E-state index in [4.69, 9.17) is 9.99 Å². The molecule has 1 rings (SSSR count). The van der Waals surface area contributed by atoms with Crippen molar-refractivity contribution in [3.63, 3.8) is 0 Å². The second-order valence-electron chi connectivity index (χ2n) is 4.65. The first-order valence-electron chi connectivity index (χ1n) is 6.10. The molecule has 20 heavy (non-hydrogen) atoms. The van der Waals surface area contributed by atoms with Gasteiger partial charge in [-0.3, -0.25) is 10.1 Å². The van der Waals surface area contributed by atoms with Crippen LogP contribution in [0.15, 0.2) is 24.3 Å². The van der Waals surface area contributed by atoms with Crippen molar-refractivity contribution in [2.45, 2.75) is 26.4 Å². The monoisotopic (exact) mass is 282 g/mol. The minimum atomic E-state index is -0.849. The zero-order valence-electron chi connectivity index (χ0n) is 11.7. The fraction of sp³-hybridized carbons (Fsp3) is 0.429. The highest BCUT2D eigenvalue weighted by Crippen LogP contribution is 2.23. The van der Waals surface area contributed by atoms with Gasteiger partial charge in [-0.2, -0.15) is 0 Å². The summed E-state index contributed by atoms with van der Waals surface area (Å²) in [6.07, 6.45) is 0. The van der Waals surface area contributed by atoms with Crippen molar-refractivity contribution >= 4 is 11.9 Å². The Kier molecular flexibility index (Phi) is 5.66. The van der Waals surface area contributed by atoms with Gasteiger partial charge in [-0.25, -0.2) is 9.68 Å². The number of carbonyl (C=O) groups is 2. The Bertz CT molecular complexity index is 463. The van der Waals surface area contributed by atoms with Gasteiger partial charge in [0.25, 0.3) is 0 Å². The van der Waals surface area contributed by atoms with Gasteiger partial charge in [0.1, 0.15) is 18.8 Å². The molecule has 0 saturated carbocycles. The maximum atomic E-state index is 11.7. The maximum Gasteiger partial charge on any atom is 0.338 e. The van der Waals surface area contributed by atoms with Crippen LogP contribution in [-0.4, -0.2) is 30.4 Å². The van der Waals surface area contributed by atoms with Gasteiger partial charge in [0.2, 0.25) is 0 Å². The molecule has 0 aliphatic heterocycles. The first-order valence-corrected chi connectivity index (χ1v) is 6.10. The summed E-state index contributed by atoms with van der Waals surface area (Å²) >= 11 is 0. The Balaban J connectivity index is 2.56. The van der Waals surface area contributed by atoms with Crippen LogP contribution in [0.5, 0.6) is 0 Å². The third-order valence-corrected chi connectivity index (χ3v) is 2.67. The van der Waals surface area contributed by atoms with Crippen LogP contribution in [0.1, 0.15) is 36.7 Å². The Hall–Kier alpha value is -1.92. The molecule has 0 unspecified atom stereocenters. The van der Waals surface area contributed by atoms with E-state index in [1.807, 2.05) is 0 Å². The average molecular weight is 282 g/mol. The van der Waals surface area contributed by atoms with Gasteiger partial charge < -0.3 is 9.47 Å². The fourth-order valence-electron chi connectivity index (χ4n) is 1.46. The topological polar surface area (TPSA) is 82.1 Å². The second-order valence-corrected chi connectivity index (χ2v) is 4.65. The third-order valence-electron chi connectivity index (χ3n) is 2.67. The van der Waals surface area contributed by atoms with Gasteiger partial charge in [0.15, 0.2) is 0 Å². The van der Waals surface area contributed by atoms with Crippen LogP contribution in [-0.2, 0) is 24.8 Å². The molecule has 0 spiro atoms. The molecular formula is C14H18O6. The standard InChI is InChI=1S/C14H18O6/c1-10(15)18-8-9-19-13(16)11-4-6-12(7-5-11)14(2,3)20-17/h4-7,17H,8-9H2,1-3H3. The van der Waals surface area contributed by atoms with E-state index in [1.54, 1.807) is 38.1 Å². The molecular weight excluding hydrogens is 264 g/mol.